The lowest BCUT2D eigenvalue weighted by Gasteiger charge is -2.16. The molecule has 1 N–H and O–H groups in total. The minimum Gasteiger partial charge on any atom is -0.481 e. The van der Waals surface area contributed by atoms with Crippen molar-refractivity contribution >= 4 is 11.9 Å². The molecular formula is C20H23N3O4. The summed E-state index contributed by atoms with van der Waals surface area (Å²) < 4.78 is 1.30. The third-order valence-corrected chi connectivity index (χ3v) is 4.96. The van der Waals surface area contributed by atoms with Gasteiger partial charge in [0.1, 0.15) is 5.69 Å². The lowest BCUT2D eigenvalue weighted by molar-refractivity contribution is -0.141. The van der Waals surface area contributed by atoms with Crippen molar-refractivity contribution in [2.75, 3.05) is 13.1 Å². The Kier molecular flexibility index (Phi) is 5.69. The molecule has 1 aromatic carbocycles. The average molecular weight is 369 g/mol. The van der Waals surface area contributed by atoms with Gasteiger partial charge in [-0.2, -0.15) is 5.10 Å². The number of carbonyl (C=O) groups is 2. The van der Waals surface area contributed by atoms with Crippen molar-refractivity contribution in [1.82, 2.24) is 14.7 Å². The Hall–Kier alpha value is -2.96. The lowest BCUT2D eigenvalue weighted by Crippen LogP contribution is -2.33. The van der Waals surface area contributed by atoms with Gasteiger partial charge in [0, 0.05) is 31.6 Å². The van der Waals surface area contributed by atoms with Crippen molar-refractivity contribution in [2.24, 2.45) is 5.92 Å². The van der Waals surface area contributed by atoms with Crippen LogP contribution in [0.2, 0.25) is 0 Å². The smallest absolute Gasteiger partial charge is 0.308 e. The van der Waals surface area contributed by atoms with Crippen LogP contribution >= 0.6 is 0 Å². The van der Waals surface area contributed by atoms with Crippen molar-refractivity contribution in [3.8, 4) is 0 Å². The SMILES string of the molecule is CCCCn1nc(C(=O)N2C[C@@H](C(=O)O)[C@H](c3ccccc3)C2)ccc1=O. The highest BCUT2D eigenvalue weighted by Crippen LogP contribution is 2.33. The van der Waals surface area contributed by atoms with Gasteiger partial charge in [-0.25, -0.2) is 4.68 Å². The molecule has 0 bridgehead atoms. The molecule has 1 aliphatic heterocycles. The minimum absolute atomic E-state index is 0.128. The van der Waals surface area contributed by atoms with E-state index in [0.29, 0.717) is 13.1 Å². The van der Waals surface area contributed by atoms with Crippen LogP contribution in [-0.4, -0.2) is 44.8 Å². The number of aromatic nitrogens is 2. The van der Waals surface area contributed by atoms with E-state index in [4.69, 9.17) is 0 Å². The van der Waals surface area contributed by atoms with E-state index < -0.39 is 11.9 Å². The molecule has 0 radical (unpaired) electrons. The first kappa shape index (κ1) is 18.8. The molecule has 2 atom stereocenters. The molecular weight excluding hydrogens is 346 g/mol. The van der Waals surface area contributed by atoms with Gasteiger partial charge in [-0.05, 0) is 18.1 Å². The number of unbranched alkanes of at least 4 members (excludes halogenated alkanes) is 1. The number of rotatable bonds is 6. The van der Waals surface area contributed by atoms with Gasteiger partial charge in [0.2, 0.25) is 0 Å². The molecule has 1 saturated heterocycles. The molecule has 142 valence electrons. The van der Waals surface area contributed by atoms with Crippen molar-refractivity contribution in [1.29, 1.82) is 0 Å². The number of aliphatic carboxylic acids is 1. The van der Waals surface area contributed by atoms with Gasteiger partial charge in [-0.3, -0.25) is 14.4 Å². The fourth-order valence-corrected chi connectivity index (χ4v) is 3.45. The summed E-state index contributed by atoms with van der Waals surface area (Å²) in [7, 11) is 0. The quantitative estimate of drug-likeness (QED) is 0.841. The summed E-state index contributed by atoms with van der Waals surface area (Å²) in [6.07, 6.45) is 1.71. The fraction of sp³-hybridized carbons (Fsp3) is 0.400. The molecule has 7 heteroatoms. The Morgan fingerprint density at radius 1 is 1.15 bits per heavy atom. The fourth-order valence-electron chi connectivity index (χ4n) is 3.45. The monoisotopic (exact) mass is 369 g/mol. The first-order chi connectivity index (χ1) is 13.0. The second kappa shape index (κ2) is 8.16. The summed E-state index contributed by atoms with van der Waals surface area (Å²) >= 11 is 0. The van der Waals surface area contributed by atoms with Crippen molar-refractivity contribution in [3.63, 3.8) is 0 Å². The summed E-state index contributed by atoms with van der Waals surface area (Å²) in [5, 5.41) is 13.8. The Bertz CT molecular complexity index is 878. The van der Waals surface area contributed by atoms with Crippen molar-refractivity contribution in [2.45, 2.75) is 32.2 Å². The molecule has 3 rings (SSSR count). The van der Waals surface area contributed by atoms with E-state index in [1.807, 2.05) is 37.3 Å². The maximum atomic E-state index is 12.9. The highest BCUT2D eigenvalue weighted by atomic mass is 16.4. The van der Waals surface area contributed by atoms with Crippen LogP contribution in [0.3, 0.4) is 0 Å². The van der Waals surface area contributed by atoms with E-state index in [0.717, 1.165) is 18.4 Å². The number of carboxylic acids is 1. The molecule has 1 aromatic heterocycles. The number of likely N-dealkylation sites (tertiary alicyclic amines) is 1. The number of hydrogen-bond donors (Lipinski definition) is 1. The minimum atomic E-state index is -0.917. The second-order valence-electron chi connectivity index (χ2n) is 6.81. The molecule has 2 heterocycles. The van der Waals surface area contributed by atoms with Crippen LogP contribution in [0.4, 0.5) is 0 Å². The van der Waals surface area contributed by atoms with Crippen molar-refractivity contribution in [3.05, 3.63) is 64.1 Å². The van der Waals surface area contributed by atoms with Crippen LogP contribution in [-0.2, 0) is 11.3 Å². The topological polar surface area (TPSA) is 92.5 Å². The maximum Gasteiger partial charge on any atom is 0.308 e. The molecule has 27 heavy (non-hydrogen) atoms. The van der Waals surface area contributed by atoms with Crippen LogP contribution < -0.4 is 5.56 Å². The number of amides is 1. The highest BCUT2D eigenvalue weighted by Gasteiger charge is 2.41. The molecule has 0 spiro atoms. The van der Waals surface area contributed by atoms with Gasteiger partial charge in [0.15, 0.2) is 0 Å². The van der Waals surface area contributed by atoms with Gasteiger partial charge in [0.05, 0.1) is 5.92 Å². The zero-order valence-electron chi connectivity index (χ0n) is 15.2. The van der Waals surface area contributed by atoms with Crippen LogP contribution in [0.15, 0.2) is 47.3 Å². The summed E-state index contributed by atoms with van der Waals surface area (Å²) in [6, 6.07) is 12.1. The first-order valence-electron chi connectivity index (χ1n) is 9.16. The number of hydrogen-bond acceptors (Lipinski definition) is 4. The zero-order valence-corrected chi connectivity index (χ0v) is 15.2. The van der Waals surface area contributed by atoms with Crippen molar-refractivity contribution < 1.29 is 14.7 Å². The van der Waals surface area contributed by atoms with E-state index in [-0.39, 0.29) is 29.6 Å². The molecule has 0 aliphatic carbocycles. The number of carbonyl (C=O) groups excluding carboxylic acids is 1. The molecule has 1 amide bonds. The summed E-state index contributed by atoms with van der Waals surface area (Å²) in [4.78, 5) is 38.0. The average Bonchev–Trinajstić information content (AvgIpc) is 3.13. The Morgan fingerprint density at radius 3 is 2.56 bits per heavy atom. The van der Waals surface area contributed by atoms with E-state index in [1.54, 1.807) is 0 Å². The Morgan fingerprint density at radius 2 is 1.89 bits per heavy atom. The van der Waals surface area contributed by atoms with Crippen LogP contribution in [0, 0.1) is 5.92 Å². The molecule has 1 aliphatic rings. The van der Waals surface area contributed by atoms with Crippen LogP contribution in [0.1, 0.15) is 41.7 Å². The second-order valence-corrected chi connectivity index (χ2v) is 6.81. The van der Waals surface area contributed by atoms with E-state index in [1.165, 1.54) is 21.7 Å². The normalized spacial score (nSPS) is 19.2. The molecule has 1 fully saturated rings. The summed E-state index contributed by atoms with van der Waals surface area (Å²) in [5.74, 6) is -2.19. The largest absolute Gasteiger partial charge is 0.481 e. The van der Waals surface area contributed by atoms with Gasteiger partial charge < -0.3 is 10.0 Å². The number of aryl methyl sites for hydroxylation is 1. The van der Waals surface area contributed by atoms with E-state index >= 15 is 0 Å². The summed E-state index contributed by atoms with van der Waals surface area (Å²) in [5.41, 5.74) is 0.830. The molecule has 0 saturated carbocycles. The van der Waals surface area contributed by atoms with E-state index in [2.05, 4.69) is 5.10 Å². The van der Waals surface area contributed by atoms with Gasteiger partial charge in [-0.1, -0.05) is 43.7 Å². The van der Waals surface area contributed by atoms with Crippen LogP contribution in [0.25, 0.3) is 0 Å². The van der Waals surface area contributed by atoms with Crippen LogP contribution in [0.5, 0.6) is 0 Å². The predicted molar refractivity (Wildman–Crippen MR) is 99.6 cm³/mol. The lowest BCUT2D eigenvalue weighted by atomic mass is 9.89. The number of benzene rings is 1. The Balaban J connectivity index is 1.83. The maximum absolute atomic E-state index is 12.9. The molecule has 0 unspecified atom stereocenters. The first-order valence-corrected chi connectivity index (χ1v) is 9.16. The predicted octanol–water partition coefficient (Wildman–Crippen LogP) is 1.98. The molecule has 2 aromatic rings. The molecule has 7 nitrogen and oxygen atoms in total. The van der Waals surface area contributed by atoms with Gasteiger partial charge in [0.25, 0.3) is 11.5 Å². The zero-order chi connectivity index (χ0) is 19.4. The van der Waals surface area contributed by atoms with Gasteiger partial charge in [-0.15, -0.1) is 0 Å². The highest BCUT2D eigenvalue weighted by molar-refractivity contribution is 5.93. The summed E-state index contributed by atoms with van der Waals surface area (Å²) in [6.45, 7) is 2.92. The van der Waals surface area contributed by atoms with Gasteiger partial charge >= 0.3 is 5.97 Å². The third kappa shape index (κ3) is 4.07. The van der Waals surface area contributed by atoms with E-state index in [9.17, 15) is 19.5 Å². The number of carboxylic acid groups (broad SMARTS) is 1. The third-order valence-electron chi connectivity index (χ3n) is 4.96. The number of nitrogens with zero attached hydrogens (tertiary/aromatic N) is 3. The Labute approximate surface area is 157 Å². The standard InChI is InChI=1S/C20H23N3O4/c1-2-3-11-23-18(24)10-9-17(21-23)19(25)22-12-15(16(13-22)20(26)27)14-7-5-4-6-8-14/h4-10,15-16H,2-3,11-13H2,1H3,(H,26,27)/t15-,16+/m0/s1.